The van der Waals surface area contributed by atoms with E-state index in [0.717, 1.165) is 11.3 Å². The van der Waals surface area contributed by atoms with E-state index in [9.17, 15) is 4.79 Å². The zero-order chi connectivity index (χ0) is 20.6. The molecule has 0 fully saturated rings. The summed E-state index contributed by atoms with van der Waals surface area (Å²) in [6, 6.07) is 12.8. The van der Waals surface area contributed by atoms with Crippen LogP contribution >= 0.6 is 11.8 Å². The Morgan fingerprint density at radius 1 is 1.00 bits per heavy atom. The van der Waals surface area contributed by atoms with Crippen LogP contribution in [0.4, 0.5) is 5.69 Å². The van der Waals surface area contributed by atoms with E-state index in [1.165, 1.54) is 11.8 Å². The lowest BCUT2D eigenvalue weighted by Gasteiger charge is -2.10. The highest BCUT2D eigenvalue weighted by molar-refractivity contribution is 7.99. The van der Waals surface area contributed by atoms with Crippen molar-refractivity contribution in [1.29, 1.82) is 0 Å². The molecule has 3 rings (SSSR count). The average molecular weight is 415 g/mol. The third kappa shape index (κ3) is 5.64. The number of carbonyl (C=O) groups is 1. The molecule has 9 heteroatoms. The van der Waals surface area contributed by atoms with E-state index in [0.29, 0.717) is 34.7 Å². The number of hydrogen-bond acceptors (Lipinski definition) is 8. The molecule has 0 spiro atoms. The third-order valence-electron chi connectivity index (χ3n) is 3.96. The quantitative estimate of drug-likeness (QED) is 0.531. The van der Waals surface area contributed by atoms with Gasteiger partial charge in [0, 0.05) is 11.8 Å². The average Bonchev–Trinajstić information content (AvgIpc) is 3.20. The second kappa shape index (κ2) is 9.83. The molecule has 152 valence electrons. The van der Waals surface area contributed by atoms with Crippen LogP contribution in [0, 0.1) is 0 Å². The monoisotopic (exact) mass is 415 g/mol. The summed E-state index contributed by atoms with van der Waals surface area (Å²) < 4.78 is 21.2. The lowest BCUT2D eigenvalue weighted by Crippen LogP contribution is -2.14. The number of thioether (sulfide) groups is 1. The second-order valence-corrected chi connectivity index (χ2v) is 6.82. The summed E-state index contributed by atoms with van der Waals surface area (Å²) in [6.07, 6.45) is 0.509. The number of carbonyl (C=O) groups excluding carboxylic acids is 1. The fraction of sp³-hybridized carbons (Fsp3) is 0.250. The number of methoxy groups -OCH3 is 3. The zero-order valence-corrected chi connectivity index (χ0v) is 17.1. The molecule has 2 aromatic carbocycles. The van der Waals surface area contributed by atoms with Crippen molar-refractivity contribution in [1.82, 2.24) is 10.2 Å². The molecule has 1 N–H and O–H groups in total. The molecule has 0 aliphatic rings. The molecule has 8 nitrogen and oxygen atoms in total. The van der Waals surface area contributed by atoms with E-state index in [-0.39, 0.29) is 11.7 Å². The minimum atomic E-state index is -0.197. The van der Waals surface area contributed by atoms with Crippen LogP contribution < -0.4 is 19.5 Å². The van der Waals surface area contributed by atoms with Crippen molar-refractivity contribution in [2.24, 2.45) is 0 Å². The van der Waals surface area contributed by atoms with Crippen LogP contribution in [-0.4, -0.2) is 43.2 Å². The first kappa shape index (κ1) is 20.5. The van der Waals surface area contributed by atoms with Crippen molar-refractivity contribution < 1.29 is 23.4 Å². The SMILES string of the molecule is COc1ccc(Cc2nnc(SCC(=O)Nc3ccc(OC)c(OC)c3)o2)cc1. The molecule has 0 saturated carbocycles. The zero-order valence-electron chi connectivity index (χ0n) is 16.3. The highest BCUT2D eigenvalue weighted by atomic mass is 32.2. The predicted octanol–water partition coefficient (Wildman–Crippen LogP) is 3.42. The van der Waals surface area contributed by atoms with Crippen molar-refractivity contribution in [3.63, 3.8) is 0 Å². The van der Waals surface area contributed by atoms with Gasteiger partial charge in [0.25, 0.3) is 5.22 Å². The highest BCUT2D eigenvalue weighted by Gasteiger charge is 2.12. The Hall–Kier alpha value is -3.20. The minimum absolute atomic E-state index is 0.137. The van der Waals surface area contributed by atoms with Crippen LogP contribution in [0.2, 0.25) is 0 Å². The molecule has 1 heterocycles. The standard InChI is InChI=1S/C20H21N3O5S/c1-25-15-7-4-13(5-8-15)10-19-22-23-20(28-19)29-12-18(24)21-14-6-9-16(26-2)17(11-14)27-3/h4-9,11H,10,12H2,1-3H3,(H,21,24). The molecule has 0 unspecified atom stereocenters. The van der Waals surface area contributed by atoms with E-state index < -0.39 is 0 Å². The minimum Gasteiger partial charge on any atom is -0.497 e. The van der Waals surface area contributed by atoms with Gasteiger partial charge in [-0.1, -0.05) is 23.9 Å². The fourth-order valence-electron chi connectivity index (χ4n) is 2.52. The summed E-state index contributed by atoms with van der Waals surface area (Å²) in [5.74, 6) is 2.35. The van der Waals surface area contributed by atoms with Gasteiger partial charge in [-0.05, 0) is 29.8 Å². The second-order valence-electron chi connectivity index (χ2n) is 5.89. The molecule has 1 aromatic heterocycles. The Morgan fingerprint density at radius 3 is 2.45 bits per heavy atom. The van der Waals surface area contributed by atoms with Crippen LogP contribution in [0.25, 0.3) is 0 Å². The van der Waals surface area contributed by atoms with E-state index in [4.69, 9.17) is 18.6 Å². The van der Waals surface area contributed by atoms with E-state index in [2.05, 4.69) is 15.5 Å². The van der Waals surface area contributed by atoms with Gasteiger partial charge in [-0.2, -0.15) is 0 Å². The van der Waals surface area contributed by atoms with Gasteiger partial charge in [-0.15, -0.1) is 10.2 Å². The van der Waals surface area contributed by atoms with E-state index in [1.54, 1.807) is 39.5 Å². The van der Waals surface area contributed by atoms with E-state index >= 15 is 0 Å². The van der Waals surface area contributed by atoms with Crippen LogP contribution in [0.5, 0.6) is 17.2 Å². The van der Waals surface area contributed by atoms with Gasteiger partial charge in [-0.3, -0.25) is 4.79 Å². The van der Waals surface area contributed by atoms with Gasteiger partial charge in [0.15, 0.2) is 11.5 Å². The van der Waals surface area contributed by atoms with Crippen molar-refractivity contribution >= 4 is 23.4 Å². The van der Waals surface area contributed by atoms with Crippen molar-refractivity contribution in [2.45, 2.75) is 11.6 Å². The summed E-state index contributed by atoms with van der Waals surface area (Å²) in [5.41, 5.74) is 1.64. The lowest BCUT2D eigenvalue weighted by atomic mass is 10.1. The summed E-state index contributed by atoms with van der Waals surface area (Å²) in [7, 11) is 4.72. The number of rotatable bonds is 9. The molecule has 1 amide bonds. The molecule has 0 radical (unpaired) electrons. The number of ether oxygens (including phenoxy) is 3. The molecule has 3 aromatic rings. The number of anilines is 1. The molecular formula is C20H21N3O5S. The molecule has 29 heavy (non-hydrogen) atoms. The van der Waals surface area contributed by atoms with Crippen LogP contribution in [0.15, 0.2) is 52.1 Å². The maximum absolute atomic E-state index is 12.2. The number of hydrogen-bond donors (Lipinski definition) is 1. The lowest BCUT2D eigenvalue weighted by molar-refractivity contribution is -0.113. The molecule has 0 saturated heterocycles. The molecule has 0 bridgehead atoms. The number of nitrogens with zero attached hydrogens (tertiary/aromatic N) is 2. The Kier molecular flexibility index (Phi) is 6.96. The molecule has 0 aliphatic carbocycles. The maximum atomic E-state index is 12.2. The fourth-order valence-corrected chi connectivity index (χ4v) is 3.10. The highest BCUT2D eigenvalue weighted by Crippen LogP contribution is 2.30. The van der Waals surface area contributed by atoms with Gasteiger partial charge < -0.3 is 23.9 Å². The largest absolute Gasteiger partial charge is 0.497 e. The molecule has 0 atom stereocenters. The number of benzene rings is 2. The van der Waals surface area contributed by atoms with Gasteiger partial charge in [0.2, 0.25) is 11.8 Å². The van der Waals surface area contributed by atoms with Crippen molar-refractivity contribution in [2.75, 3.05) is 32.4 Å². The summed E-state index contributed by atoms with van der Waals surface area (Å²) in [4.78, 5) is 12.2. The van der Waals surface area contributed by atoms with Gasteiger partial charge in [0.05, 0.1) is 33.5 Å². The first-order valence-corrected chi connectivity index (χ1v) is 9.70. The predicted molar refractivity (Wildman–Crippen MR) is 109 cm³/mol. The Balaban J connectivity index is 1.51. The number of aromatic nitrogens is 2. The van der Waals surface area contributed by atoms with Crippen LogP contribution in [0.1, 0.15) is 11.5 Å². The van der Waals surface area contributed by atoms with Crippen molar-refractivity contribution in [3.05, 3.63) is 53.9 Å². The van der Waals surface area contributed by atoms with Gasteiger partial charge in [0.1, 0.15) is 5.75 Å². The first-order chi connectivity index (χ1) is 14.1. The van der Waals surface area contributed by atoms with Gasteiger partial charge >= 0.3 is 0 Å². The Labute approximate surface area is 172 Å². The number of amides is 1. The van der Waals surface area contributed by atoms with Crippen molar-refractivity contribution in [3.8, 4) is 17.2 Å². The van der Waals surface area contributed by atoms with E-state index in [1.807, 2.05) is 24.3 Å². The topological polar surface area (TPSA) is 95.7 Å². The molecular weight excluding hydrogens is 394 g/mol. The van der Waals surface area contributed by atoms with Gasteiger partial charge in [-0.25, -0.2) is 0 Å². The number of nitrogens with one attached hydrogen (secondary N) is 1. The Morgan fingerprint density at radius 2 is 1.76 bits per heavy atom. The summed E-state index contributed by atoms with van der Waals surface area (Å²) in [5, 5.41) is 11.1. The third-order valence-corrected chi connectivity index (χ3v) is 4.78. The first-order valence-electron chi connectivity index (χ1n) is 8.71. The smallest absolute Gasteiger partial charge is 0.277 e. The summed E-state index contributed by atoms with van der Waals surface area (Å²) >= 11 is 1.17. The summed E-state index contributed by atoms with van der Waals surface area (Å²) in [6.45, 7) is 0. The molecule has 0 aliphatic heterocycles. The maximum Gasteiger partial charge on any atom is 0.277 e. The van der Waals surface area contributed by atoms with Crippen LogP contribution in [-0.2, 0) is 11.2 Å². The normalized spacial score (nSPS) is 10.4. The Bertz CT molecular complexity index is 959. The van der Waals surface area contributed by atoms with Crippen LogP contribution in [0.3, 0.4) is 0 Å².